The molecule has 0 heterocycles. The number of carbonyl (C=O) groups is 3. The molecule has 11 nitrogen and oxygen atoms in total. The van der Waals surface area contributed by atoms with Crippen LogP contribution in [0.1, 0.15) is 11.7 Å². The quantitative estimate of drug-likeness (QED) is 0.300. The lowest BCUT2D eigenvalue weighted by Gasteiger charge is -2.19. The first-order valence-electron chi connectivity index (χ1n) is 6.10. The van der Waals surface area contributed by atoms with E-state index in [9.17, 15) is 19.6 Å². The van der Waals surface area contributed by atoms with Gasteiger partial charge < -0.3 is 30.6 Å². The molecule has 0 saturated heterocycles. The van der Waals surface area contributed by atoms with Crippen LogP contribution >= 0.6 is 0 Å². The number of carboxylic acid groups (broad SMARTS) is 2. The molecule has 0 aliphatic heterocycles. The van der Waals surface area contributed by atoms with Crippen LogP contribution in [0, 0.1) is 5.21 Å². The zero-order valence-corrected chi connectivity index (χ0v) is 11.5. The first-order chi connectivity index (χ1) is 10.7. The average molecular weight is 330 g/mol. The van der Waals surface area contributed by atoms with Crippen molar-refractivity contribution in [3.05, 3.63) is 35.0 Å². The molecule has 11 heteroatoms. The second-order valence-corrected chi connectivity index (χ2v) is 4.23. The van der Waals surface area contributed by atoms with E-state index < -0.39 is 42.1 Å². The van der Waals surface area contributed by atoms with Crippen molar-refractivity contribution < 1.29 is 44.5 Å². The molecule has 0 spiro atoms. The van der Waals surface area contributed by atoms with Crippen molar-refractivity contribution in [1.29, 1.82) is 0 Å². The smallest absolute Gasteiger partial charge is 0.509 e. The van der Waals surface area contributed by atoms with Crippen LogP contribution in [0.25, 0.3) is 0 Å². The Morgan fingerprint density at radius 1 is 1.22 bits per heavy atom. The van der Waals surface area contributed by atoms with Crippen molar-refractivity contribution in [3.63, 3.8) is 0 Å². The minimum atomic E-state index is -1.93. The van der Waals surface area contributed by atoms with Crippen LogP contribution in [0.3, 0.4) is 0 Å². The molecule has 6 N–H and O–H groups in total. The molecule has 0 radical (unpaired) electrons. The Balaban J connectivity index is 2.87. The van der Waals surface area contributed by atoms with Crippen LogP contribution in [-0.4, -0.2) is 46.2 Å². The van der Waals surface area contributed by atoms with Gasteiger partial charge in [0.1, 0.15) is 12.6 Å². The molecule has 1 aromatic rings. The lowest BCUT2D eigenvalue weighted by Crippen LogP contribution is -2.99. The molecule has 2 unspecified atom stereocenters. The van der Waals surface area contributed by atoms with Gasteiger partial charge in [-0.3, -0.25) is 4.79 Å². The lowest BCUT2D eigenvalue weighted by molar-refractivity contribution is -0.991. The molecule has 0 aliphatic rings. The van der Waals surface area contributed by atoms with Crippen molar-refractivity contribution in [1.82, 2.24) is 0 Å². The highest BCUT2D eigenvalue weighted by molar-refractivity contribution is 5.79. The number of carboxylic acids is 2. The number of hydrogen-bond acceptors (Lipinski definition) is 8. The number of nitrogens with one attached hydrogen (secondary N) is 1. The molecule has 0 bridgehead atoms. The molecule has 3 atom stereocenters. The maximum absolute atomic E-state index is 11.4. The monoisotopic (exact) mass is 330 g/mol. The second-order valence-electron chi connectivity index (χ2n) is 4.23. The molecule has 0 fully saturated rings. The normalized spacial score (nSPS) is 14.4. The Labute approximate surface area is 129 Å². The molecular weight excluding hydrogens is 316 g/mol. The van der Waals surface area contributed by atoms with Gasteiger partial charge in [-0.05, 0) is 6.07 Å². The highest BCUT2D eigenvalue weighted by atomic mass is 16.8. The molecule has 23 heavy (non-hydrogen) atoms. The Kier molecular flexibility index (Phi) is 6.41. The van der Waals surface area contributed by atoms with E-state index in [0.29, 0.717) is 0 Å². The summed E-state index contributed by atoms with van der Waals surface area (Å²) in [6.07, 6.45) is -3.43. The minimum Gasteiger partial charge on any atom is -0.595 e. The summed E-state index contributed by atoms with van der Waals surface area (Å²) in [6.45, 7) is -0.735. The maximum Gasteiger partial charge on any atom is 0.509 e. The Morgan fingerprint density at radius 2 is 1.83 bits per heavy atom. The van der Waals surface area contributed by atoms with E-state index in [2.05, 4.69) is 9.47 Å². The number of quaternary nitrogens is 1. The molecule has 0 amide bonds. The second kappa shape index (κ2) is 8.05. The van der Waals surface area contributed by atoms with Crippen LogP contribution < -0.4 is 11.0 Å². The summed E-state index contributed by atoms with van der Waals surface area (Å²) in [7, 11) is 0. The molecular formula is C12H14N2O9. The van der Waals surface area contributed by atoms with E-state index in [-0.39, 0.29) is 11.3 Å². The summed E-state index contributed by atoms with van der Waals surface area (Å²) in [6, 6.07) is 3.54. The first-order valence-corrected chi connectivity index (χ1v) is 6.10. The van der Waals surface area contributed by atoms with E-state index >= 15 is 0 Å². The van der Waals surface area contributed by atoms with Gasteiger partial charge in [-0.2, -0.15) is 5.23 Å². The zero-order valence-electron chi connectivity index (χ0n) is 11.5. The third-order valence-electron chi connectivity index (χ3n) is 2.61. The third kappa shape index (κ3) is 5.19. The van der Waals surface area contributed by atoms with Gasteiger partial charge in [-0.1, -0.05) is 12.1 Å². The number of carbonyl (C=O) groups excluding carboxylic acids is 1. The summed E-state index contributed by atoms with van der Waals surface area (Å²) < 4.78 is 8.94. The predicted octanol–water partition coefficient (Wildman–Crippen LogP) is -1.22. The summed E-state index contributed by atoms with van der Waals surface area (Å²) in [5.74, 6) is -3.05. The van der Waals surface area contributed by atoms with Crippen LogP contribution in [0.2, 0.25) is 0 Å². The van der Waals surface area contributed by atoms with Crippen LogP contribution in [-0.2, 0) is 19.1 Å². The van der Waals surface area contributed by atoms with Gasteiger partial charge in [0.2, 0.25) is 6.10 Å². The predicted molar refractivity (Wildman–Crippen MR) is 70.6 cm³/mol. The highest BCUT2D eigenvalue weighted by Gasteiger charge is 2.30. The average Bonchev–Trinajstić information content (AvgIpc) is 2.49. The largest absolute Gasteiger partial charge is 0.595 e. The van der Waals surface area contributed by atoms with E-state index in [0.717, 1.165) is 6.07 Å². The summed E-state index contributed by atoms with van der Waals surface area (Å²) in [4.78, 5) is 33.1. The number of rotatable bonds is 7. The molecule has 1 rings (SSSR count). The lowest BCUT2D eigenvalue weighted by atomic mass is 10.1. The number of hydrogen-bond donors (Lipinski definition) is 5. The number of nitrogens with two attached hydrogens (primary N) is 1. The SMILES string of the molecule is N[C@H](COC(=O)OC(C(=O)O)c1ccccc1[NH+]([O-])O)C(=O)O. The molecule has 126 valence electrons. The first kappa shape index (κ1) is 18.3. The summed E-state index contributed by atoms with van der Waals surface area (Å²) in [5, 5.41) is 36.3. The Hall–Kier alpha value is -2.73. The van der Waals surface area contributed by atoms with Gasteiger partial charge in [0, 0.05) is 6.07 Å². The molecule has 0 aromatic heterocycles. The topological polar surface area (TPSA) is 184 Å². The molecule has 1 aromatic carbocycles. The highest BCUT2D eigenvalue weighted by Crippen LogP contribution is 2.24. The van der Waals surface area contributed by atoms with Crippen molar-refractivity contribution in [2.24, 2.45) is 5.73 Å². The third-order valence-corrected chi connectivity index (χ3v) is 2.61. The molecule has 0 saturated carbocycles. The van der Waals surface area contributed by atoms with Gasteiger partial charge in [-0.15, -0.1) is 0 Å². The molecule has 0 aliphatic carbocycles. The van der Waals surface area contributed by atoms with Crippen molar-refractivity contribution in [3.8, 4) is 0 Å². The van der Waals surface area contributed by atoms with E-state index in [1.165, 1.54) is 18.2 Å². The Morgan fingerprint density at radius 3 is 2.35 bits per heavy atom. The van der Waals surface area contributed by atoms with E-state index in [4.69, 9.17) is 21.2 Å². The van der Waals surface area contributed by atoms with Crippen molar-refractivity contribution in [2.45, 2.75) is 12.1 Å². The van der Waals surface area contributed by atoms with Crippen LogP contribution in [0.15, 0.2) is 24.3 Å². The van der Waals surface area contributed by atoms with Gasteiger partial charge in [0.25, 0.3) is 0 Å². The summed E-state index contributed by atoms with van der Waals surface area (Å²) in [5.41, 5.74) is 4.47. The maximum atomic E-state index is 11.4. The minimum absolute atomic E-state index is 0.271. The zero-order chi connectivity index (χ0) is 17.6. The number of aliphatic carboxylic acids is 2. The standard InChI is InChI=1S/C12H14N2O9/c13-7(10(15)16)5-22-12(19)23-9(11(17)18)6-3-1-2-4-8(6)14(20)21/h1-4,7,9,14,20H,5,13H2,(H,15,16)(H,17,18)/t7-,9?/m1/s1. The summed E-state index contributed by atoms with van der Waals surface area (Å²) >= 11 is 0. The van der Waals surface area contributed by atoms with E-state index in [1.54, 1.807) is 0 Å². The number of para-hydroxylation sites is 1. The fraction of sp³-hybridized carbons (Fsp3) is 0.250. The van der Waals surface area contributed by atoms with Crippen molar-refractivity contribution in [2.75, 3.05) is 6.61 Å². The fourth-order valence-corrected chi connectivity index (χ4v) is 1.53. The van der Waals surface area contributed by atoms with Gasteiger partial charge in [-0.25, -0.2) is 14.8 Å². The van der Waals surface area contributed by atoms with Gasteiger partial charge in [0.15, 0.2) is 5.69 Å². The van der Waals surface area contributed by atoms with Crippen LogP contribution in [0.4, 0.5) is 10.5 Å². The van der Waals surface area contributed by atoms with Gasteiger partial charge >= 0.3 is 18.1 Å². The fourth-order valence-electron chi connectivity index (χ4n) is 1.53. The number of benzene rings is 1. The van der Waals surface area contributed by atoms with E-state index in [1.807, 2.05) is 0 Å². The number of ether oxygens (including phenoxy) is 2. The van der Waals surface area contributed by atoms with Crippen LogP contribution in [0.5, 0.6) is 0 Å². The van der Waals surface area contributed by atoms with Crippen molar-refractivity contribution >= 4 is 23.8 Å². The Bertz CT molecular complexity index is 590. The van der Waals surface area contributed by atoms with Gasteiger partial charge in [0.05, 0.1) is 5.56 Å².